The summed E-state index contributed by atoms with van der Waals surface area (Å²) in [5.74, 6) is -0.884. The number of amides is 2. The van der Waals surface area contributed by atoms with Crippen LogP contribution in [0.1, 0.15) is 17.3 Å². The third kappa shape index (κ3) is 2.42. The number of para-hydroxylation sites is 1. The van der Waals surface area contributed by atoms with Gasteiger partial charge in [0.15, 0.2) is 0 Å². The molecule has 0 atom stereocenters. The normalized spacial score (nSPS) is 10.2. The van der Waals surface area contributed by atoms with E-state index in [1.807, 2.05) is 0 Å². The molecule has 0 aliphatic rings. The lowest BCUT2D eigenvalue weighted by Crippen LogP contribution is -2.28. The lowest BCUT2D eigenvalue weighted by Gasteiger charge is -2.06. The molecule has 0 unspecified atom stereocenters. The van der Waals surface area contributed by atoms with Crippen LogP contribution in [0.25, 0.3) is 10.9 Å². The molecule has 17 heavy (non-hydrogen) atoms. The third-order valence-corrected chi connectivity index (χ3v) is 2.41. The molecule has 0 radical (unpaired) electrons. The number of rotatable bonds is 1. The summed E-state index contributed by atoms with van der Waals surface area (Å²) in [5.41, 5.74) is 0.963. The molecule has 2 amide bonds. The van der Waals surface area contributed by atoms with Gasteiger partial charge in [0.1, 0.15) is 5.15 Å². The van der Waals surface area contributed by atoms with E-state index in [0.717, 1.165) is 0 Å². The standard InChI is InChI=1S/C12H9ClN2O2/c1-7(16)14-12(17)9-6-11(13)15-10-5-3-2-4-8(9)10/h2-6H,1H3,(H,14,16,17). The Morgan fingerprint density at radius 3 is 2.71 bits per heavy atom. The van der Waals surface area contributed by atoms with Crippen LogP contribution in [0.2, 0.25) is 5.15 Å². The maximum Gasteiger partial charge on any atom is 0.258 e. The zero-order valence-electron chi connectivity index (χ0n) is 9.03. The second kappa shape index (κ2) is 4.51. The Balaban J connectivity index is 2.59. The predicted octanol–water partition coefficient (Wildman–Crippen LogP) is 2.16. The van der Waals surface area contributed by atoms with Crippen molar-refractivity contribution in [1.82, 2.24) is 10.3 Å². The Bertz CT molecular complexity index is 610. The molecule has 0 fully saturated rings. The maximum atomic E-state index is 11.8. The number of pyridine rings is 1. The highest BCUT2D eigenvalue weighted by Gasteiger charge is 2.13. The topological polar surface area (TPSA) is 59.1 Å². The molecule has 0 aliphatic carbocycles. The van der Waals surface area contributed by atoms with Gasteiger partial charge in [0, 0.05) is 12.3 Å². The van der Waals surface area contributed by atoms with Gasteiger partial charge < -0.3 is 0 Å². The van der Waals surface area contributed by atoms with Crippen LogP contribution in [-0.4, -0.2) is 16.8 Å². The first-order chi connectivity index (χ1) is 8.08. The van der Waals surface area contributed by atoms with Crippen molar-refractivity contribution in [1.29, 1.82) is 0 Å². The number of hydrogen-bond donors (Lipinski definition) is 1. The first-order valence-electron chi connectivity index (χ1n) is 4.95. The van der Waals surface area contributed by atoms with Crippen LogP contribution in [0, 0.1) is 0 Å². The number of hydrogen-bond acceptors (Lipinski definition) is 3. The number of carbonyl (C=O) groups is 2. The Labute approximate surface area is 103 Å². The fourth-order valence-corrected chi connectivity index (χ4v) is 1.76. The van der Waals surface area contributed by atoms with E-state index in [1.165, 1.54) is 13.0 Å². The minimum atomic E-state index is -0.474. The van der Waals surface area contributed by atoms with Gasteiger partial charge in [-0.3, -0.25) is 14.9 Å². The van der Waals surface area contributed by atoms with Crippen molar-refractivity contribution in [3.05, 3.63) is 41.0 Å². The molecule has 0 saturated carbocycles. The van der Waals surface area contributed by atoms with Gasteiger partial charge in [0.25, 0.3) is 5.91 Å². The van der Waals surface area contributed by atoms with Crippen LogP contribution < -0.4 is 5.32 Å². The van der Waals surface area contributed by atoms with Gasteiger partial charge in [-0.25, -0.2) is 4.98 Å². The molecule has 1 aromatic heterocycles. The zero-order valence-corrected chi connectivity index (χ0v) is 9.78. The number of fused-ring (bicyclic) bond motifs is 1. The van der Waals surface area contributed by atoms with Crippen LogP contribution in [-0.2, 0) is 4.79 Å². The Hall–Kier alpha value is -1.94. The van der Waals surface area contributed by atoms with E-state index in [0.29, 0.717) is 16.5 Å². The zero-order chi connectivity index (χ0) is 12.4. The summed E-state index contributed by atoms with van der Waals surface area (Å²) in [6.45, 7) is 1.28. The van der Waals surface area contributed by atoms with Crippen molar-refractivity contribution in [2.75, 3.05) is 0 Å². The van der Waals surface area contributed by atoms with Crippen LogP contribution >= 0.6 is 11.6 Å². The summed E-state index contributed by atoms with van der Waals surface area (Å²) >= 11 is 5.83. The van der Waals surface area contributed by atoms with Crippen LogP contribution in [0.5, 0.6) is 0 Å². The number of aromatic nitrogens is 1. The maximum absolute atomic E-state index is 11.8. The van der Waals surface area contributed by atoms with Crippen molar-refractivity contribution in [2.24, 2.45) is 0 Å². The number of benzene rings is 1. The van der Waals surface area contributed by atoms with Gasteiger partial charge in [-0.2, -0.15) is 0 Å². The van der Waals surface area contributed by atoms with Gasteiger partial charge in [0.2, 0.25) is 5.91 Å². The number of halogens is 1. The minimum Gasteiger partial charge on any atom is -0.293 e. The van der Waals surface area contributed by atoms with E-state index in [-0.39, 0.29) is 5.15 Å². The van der Waals surface area contributed by atoms with E-state index in [9.17, 15) is 9.59 Å². The van der Waals surface area contributed by atoms with Crippen molar-refractivity contribution < 1.29 is 9.59 Å². The SMILES string of the molecule is CC(=O)NC(=O)c1cc(Cl)nc2ccccc12. The smallest absolute Gasteiger partial charge is 0.258 e. The molecule has 0 spiro atoms. The minimum absolute atomic E-state index is 0.220. The molecule has 2 aromatic rings. The molecular weight excluding hydrogens is 240 g/mol. The second-order valence-electron chi connectivity index (χ2n) is 3.52. The molecule has 1 aromatic carbocycles. The molecule has 86 valence electrons. The van der Waals surface area contributed by atoms with Crippen molar-refractivity contribution in [3.63, 3.8) is 0 Å². The molecule has 1 heterocycles. The van der Waals surface area contributed by atoms with Gasteiger partial charge in [-0.05, 0) is 12.1 Å². The third-order valence-electron chi connectivity index (χ3n) is 2.22. The summed E-state index contributed by atoms with van der Waals surface area (Å²) in [7, 11) is 0. The first kappa shape index (κ1) is 11.5. The molecule has 0 bridgehead atoms. The van der Waals surface area contributed by atoms with Crippen molar-refractivity contribution >= 4 is 34.3 Å². The number of imide groups is 1. The number of nitrogens with one attached hydrogen (secondary N) is 1. The Kier molecular flexibility index (Phi) is 3.06. The monoisotopic (exact) mass is 248 g/mol. The lowest BCUT2D eigenvalue weighted by atomic mass is 10.1. The fraction of sp³-hybridized carbons (Fsp3) is 0.0833. The lowest BCUT2D eigenvalue weighted by molar-refractivity contribution is -0.118. The molecule has 4 nitrogen and oxygen atoms in total. The Morgan fingerprint density at radius 2 is 2.00 bits per heavy atom. The molecular formula is C12H9ClN2O2. The van der Waals surface area contributed by atoms with Crippen LogP contribution in [0.4, 0.5) is 0 Å². The number of nitrogens with zero attached hydrogens (tertiary/aromatic N) is 1. The van der Waals surface area contributed by atoms with Gasteiger partial charge >= 0.3 is 0 Å². The molecule has 5 heteroatoms. The van der Waals surface area contributed by atoms with Crippen molar-refractivity contribution in [3.8, 4) is 0 Å². The van der Waals surface area contributed by atoms with E-state index in [2.05, 4.69) is 10.3 Å². The number of carbonyl (C=O) groups excluding carboxylic acids is 2. The summed E-state index contributed by atoms with van der Waals surface area (Å²) in [4.78, 5) is 26.8. The van der Waals surface area contributed by atoms with Gasteiger partial charge in [0.05, 0.1) is 11.1 Å². The van der Waals surface area contributed by atoms with E-state index >= 15 is 0 Å². The van der Waals surface area contributed by atoms with Crippen LogP contribution in [0.15, 0.2) is 30.3 Å². The predicted molar refractivity (Wildman–Crippen MR) is 64.9 cm³/mol. The molecule has 0 saturated heterocycles. The summed E-state index contributed by atoms with van der Waals surface area (Å²) in [6, 6.07) is 8.56. The van der Waals surface area contributed by atoms with Gasteiger partial charge in [-0.1, -0.05) is 29.8 Å². The van der Waals surface area contributed by atoms with E-state index in [1.54, 1.807) is 24.3 Å². The largest absolute Gasteiger partial charge is 0.293 e. The summed E-state index contributed by atoms with van der Waals surface area (Å²) in [6.07, 6.45) is 0. The quantitative estimate of drug-likeness (QED) is 0.787. The highest BCUT2D eigenvalue weighted by molar-refractivity contribution is 6.30. The molecule has 2 rings (SSSR count). The fourth-order valence-electron chi connectivity index (χ4n) is 1.56. The summed E-state index contributed by atoms with van der Waals surface area (Å²) in [5, 5.41) is 3.10. The average Bonchev–Trinajstić information content (AvgIpc) is 2.26. The van der Waals surface area contributed by atoms with Gasteiger partial charge in [-0.15, -0.1) is 0 Å². The molecule has 0 aliphatic heterocycles. The first-order valence-corrected chi connectivity index (χ1v) is 5.33. The highest BCUT2D eigenvalue weighted by Crippen LogP contribution is 2.20. The summed E-state index contributed by atoms with van der Waals surface area (Å²) < 4.78 is 0. The average molecular weight is 249 g/mol. The van der Waals surface area contributed by atoms with Crippen LogP contribution in [0.3, 0.4) is 0 Å². The van der Waals surface area contributed by atoms with Crippen molar-refractivity contribution in [2.45, 2.75) is 6.92 Å². The highest BCUT2D eigenvalue weighted by atomic mass is 35.5. The van der Waals surface area contributed by atoms with E-state index < -0.39 is 11.8 Å². The molecule has 1 N–H and O–H groups in total. The Morgan fingerprint density at radius 1 is 1.29 bits per heavy atom. The second-order valence-corrected chi connectivity index (χ2v) is 3.91. The van der Waals surface area contributed by atoms with E-state index in [4.69, 9.17) is 11.6 Å².